The number of thiocarbonyl (C=S) groups is 1. The van der Waals surface area contributed by atoms with E-state index in [1.165, 1.54) is 11.0 Å². The van der Waals surface area contributed by atoms with E-state index in [9.17, 15) is 9.59 Å². The molecule has 1 N–H and O–H groups in total. The molecule has 2 heterocycles. The minimum absolute atomic E-state index is 0.00564. The minimum Gasteiger partial charge on any atom is -0.457 e. The molecular weight excluding hydrogens is 511 g/mol. The highest BCUT2D eigenvalue weighted by Gasteiger charge is 2.34. The first-order chi connectivity index (χ1) is 14.3. The predicted molar refractivity (Wildman–Crippen MR) is 125 cm³/mol. The van der Waals surface area contributed by atoms with E-state index in [2.05, 4.69) is 21.2 Å². The van der Waals surface area contributed by atoms with Crippen LogP contribution in [0.15, 0.2) is 69.1 Å². The summed E-state index contributed by atoms with van der Waals surface area (Å²) in [4.78, 5) is 26.7. The van der Waals surface area contributed by atoms with Crippen LogP contribution in [-0.2, 0) is 9.59 Å². The van der Waals surface area contributed by atoms with Gasteiger partial charge in [0.2, 0.25) is 0 Å². The molecule has 3 aromatic rings. The minimum atomic E-state index is -0.602. The van der Waals surface area contributed by atoms with E-state index in [0.717, 1.165) is 4.47 Å². The van der Waals surface area contributed by atoms with Crippen molar-refractivity contribution in [3.05, 3.63) is 80.4 Å². The molecule has 1 aliphatic rings. The molecule has 9 heteroatoms. The highest BCUT2D eigenvalue weighted by Crippen LogP contribution is 2.35. The Kier molecular flexibility index (Phi) is 5.79. The molecule has 0 unspecified atom stereocenters. The van der Waals surface area contributed by atoms with Gasteiger partial charge in [-0.25, -0.2) is 0 Å². The summed E-state index contributed by atoms with van der Waals surface area (Å²) >= 11 is 20.9. The van der Waals surface area contributed by atoms with Crippen molar-refractivity contribution < 1.29 is 14.0 Å². The largest absolute Gasteiger partial charge is 0.457 e. The van der Waals surface area contributed by atoms with E-state index in [4.69, 9.17) is 39.8 Å². The van der Waals surface area contributed by atoms with Crippen molar-refractivity contribution >= 4 is 80.0 Å². The molecule has 1 aliphatic heterocycles. The second-order valence-electron chi connectivity index (χ2n) is 6.24. The lowest BCUT2D eigenvalue weighted by Gasteiger charge is -2.28. The molecule has 150 valence electrons. The van der Waals surface area contributed by atoms with E-state index in [1.54, 1.807) is 48.5 Å². The molecule has 1 saturated heterocycles. The lowest BCUT2D eigenvalue weighted by atomic mass is 10.1. The molecule has 5 nitrogen and oxygen atoms in total. The molecule has 0 bridgehead atoms. The fraction of sp³-hybridized carbons (Fsp3) is 0. The van der Waals surface area contributed by atoms with Crippen LogP contribution in [0.1, 0.15) is 5.76 Å². The van der Waals surface area contributed by atoms with Crippen molar-refractivity contribution in [1.82, 2.24) is 5.32 Å². The van der Waals surface area contributed by atoms with Gasteiger partial charge in [0.25, 0.3) is 11.8 Å². The van der Waals surface area contributed by atoms with Crippen molar-refractivity contribution in [2.45, 2.75) is 0 Å². The molecule has 0 spiro atoms. The number of benzene rings is 2. The van der Waals surface area contributed by atoms with Gasteiger partial charge < -0.3 is 4.42 Å². The zero-order valence-electron chi connectivity index (χ0n) is 15.0. The zero-order chi connectivity index (χ0) is 21.4. The number of nitrogens with zero attached hydrogens (tertiary/aromatic N) is 1. The maximum absolute atomic E-state index is 13.1. The summed E-state index contributed by atoms with van der Waals surface area (Å²) in [7, 11) is 0. The van der Waals surface area contributed by atoms with E-state index in [0.29, 0.717) is 32.8 Å². The number of amides is 2. The van der Waals surface area contributed by atoms with Gasteiger partial charge in [-0.1, -0.05) is 51.3 Å². The Hall–Kier alpha value is -2.45. The molecule has 0 aliphatic carbocycles. The number of anilines is 1. The second-order valence-corrected chi connectivity index (χ2v) is 8.33. The third kappa shape index (κ3) is 3.94. The van der Waals surface area contributed by atoms with Gasteiger partial charge in [0, 0.05) is 10.0 Å². The topological polar surface area (TPSA) is 62.6 Å². The fourth-order valence-electron chi connectivity index (χ4n) is 2.92. The van der Waals surface area contributed by atoms with Gasteiger partial charge in [-0.15, -0.1) is 0 Å². The molecular formula is C21H11BrCl2N2O3S. The number of carbonyl (C=O) groups excluding carboxylic acids is 2. The summed E-state index contributed by atoms with van der Waals surface area (Å²) in [5.74, 6) is -0.394. The maximum atomic E-state index is 13.1. The summed E-state index contributed by atoms with van der Waals surface area (Å²) in [5.41, 5.74) is 1.02. The van der Waals surface area contributed by atoms with Crippen LogP contribution in [-0.4, -0.2) is 16.9 Å². The lowest BCUT2D eigenvalue weighted by molar-refractivity contribution is -0.122. The molecule has 2 aromatic carbocycles. The summed E-state index contributed by atoms with van der Waals surface area (Å²) in [5, 5.41) is 3.29. The average Bonchev–Trinajstić information content (AvgIpc) is 3.16. The number of furan rings is 1. The maximum Gasteiger partial charge on any atom is 0.270 e. The van der Waals surface area contributed by atoms with Gasteiger partial charge in [0.05, 0.1) is 15.7 Å². The van der Waals surface area contributed by atoms with Crippen molar-refractivity contribution in [3.63, 3.8) is 0 Å². The number of hydrogen-bond acceptors (Lipinski definition) is 4. The second kappa shape index (κ2) is 8.35. The highest BCUT2D eigenvalue weighted by molar-refractivity contribution is 9.10. The summed E-state index contributed by atoms with van der Waals surface area (Å²) in [6.45, 7) is 0. The number of hydrogen-bond donors (Lipinski definition) is 1. The van der Waals surface area contributed by atoms with Crippen LogP contribution in [0.4, 0.5) is 5.69 Å². The van der Waals surface area contributed by atoms with Crippen LogP contribution in [0.3, 0.4) is 0 Å². The quantitative estimate of drug-likeness (QED) is 0.267. The standard InChI is InChI=1S/C21H11BrCl2N2O3S/c22-11-3-1-4-12(9-11)26-20(28)15(19(27)25-21(26)30)10-13-7-8-17(29-13)14-5-2-6-16(23)18(14)24/h1-10H,(H,25,27,30)/b15-10-. The van der Waals surface area contributed by atoms with Crippen LogP contribution < -0.4 is 10.2 Å². The summed E-state index contributed by atoms with van der Waals surface area (Å²) in [6, 6.07) is 15.5. The van der Waals surface area contributed by atoms with E-state index < -0.39 is 11.8 Å². The summed E-state index contributed by atoms with van der Waals surface area (Å²) in [6.07, 6.45) is 1.37. The van der Waals surface area contributed by atoms with Gasteiger partial charge in [0.1, 0.15) is 17.1 Å². The summed E-state index contributed by atoms with van der Waals surface area (Å²) < 4.78 is 6.55. The first-order valence-electron chi connectivity index (χ1n) is 8.56. The Morgan fingerprint density at radius 1 is 1.07 bits per heavy atom. The number of carbonyl (C=O) groups is 2. The Morgan fingerprint density at radius 3 is 2.60 bits per heavy atom. The van der Waals surface area contributed by atoms with Crippen LogP contribution in [0.2, 0.25) is 10.0 Å². The van der Waals surface area contributed by atoms with E-state index >= 15 is 0 Å². The number of rotatable bonds is 3. The Bertz CT molecular complexity index is 1240. The third-order valence-corrected chi connectivity index (χ3v) is 5.90. The lowest BCUT2D eigenvalue weighted by Crippen LogP contribution is -2.54. The van der Waals surface area contributed by atoms with Crippen LogP contribution >= 0.6 is 51.3 Å². The van der Waals surface area contributed by atoms with Gasteiger partial charge in [-0.05, 0) is 60.8 Å². The van der Waals surface area contributed by atoms with Gasteiger partial charge in [-0.3, -0.25) is 19.8 Å². The third-order valence-electron chi connectivity index (χ3n) is 4.30. The van der Waals surface area contributed by atoms with Crippen LogP contribution in [0.5, 0.6) is 0 Å². The van der Waals surface area contributed by atoms with E-state index in [-0.39, 0.29) is 10.7 Å². The first kappa shape index (κ1) is 20.8. The molecule has 0 atom stereocenters. The predicted octanol–water partition coefficient (Wildman–Crippen LogP) is 5.85. The zero-order valence-corrected chi connectivity index (χ0v) is 18.9. The molecule has 30 heavy (non-hydrogen) atoms. The Balaban J connectivity index is 1.70. The van der Waals surface area contributed by atoms with Crippen molar-refractivity contribution in [3.8, 4) is 11.3 Å². The monoisotopic (exact) mass is 520 g/mol. The van der Waals surface area contributed by atoms with Gasteiger partial charge in [0.15, 0.2) is 5.11 Å². The Labute approximate surface area is 195 Å². The normalized spacial score (nSPS) is 15.6. The molecule has 1 fully saturated rings. The van der Waals surface area contributed by atoms with Crippen LogP contribution in [0.25, 0.3) is 17.4 Å². The van der Waals surface area contributed by atoms with Crippen molar-refractivity contribution in [2.24, 2.45) is 0 Å². The number of halogens is 3. The fourth-order valence-corrected chi connectivity index (χ4v) is 3.98. The molecule has 1 aromatic heterocycles. The van der Waals surface area contributed by atoms with Crippen molar-refractivity contribution in [2.75, 3.05) is 4.90 Å². The van der Waals surface area contributed by atoms with Crippen LogP contribution in [0, 0.1) is 0 Å². The highest BCUT2D eigenvalue weighted by atomic mass is 79.9. The Morgan fingerprint density at radius 2 is 1.83 bits per heavy atom. The molecule has 0 radical (unpaired) electrons. The number of nitrogens with one attached hydrogen (secondary N) is 1. The van der Waals surface area contributed by atoms with Gasteiger partial charge >= 0.3 is 0 Å². The average molecular weight is 522 g/mol. The first-order valence-corrected chi connectivity index (χ1v) is 10.5. The molecule has 2 amide bonds. The molecule has 4 rings (SSSR count). The smallest absolute Gasteiger partial charge is 0.270 e. The SMILES string of the molecule is O=C1NC(=S)N(c2cccc(Br)c2)C(=O)/C1=C\c1ccc(-c2cccc(Cl)c2Cl)o1. The van der Waals surface area contributed by atoms with Crippen molar-refractivity contribution in [1.29, 1.82) is 0 Å². The van der Waals surface area contributed by atoms with E-state index in [1.807, 2.05) is 6.07 Å². The van der Waals surface area contributed by atoms with Gasteiger partial charge in [-0.2, -0.15) is 0 Å². The molecule has 0 saturated carbocycles.